The summed E-state index contributed by atoms with van der Waals surface area (Å²) < 4.78 is 0. The largest absolute Gasteiger partial charge is 0.314 e. The predicted molar refractivity (Wildman–Crippen MR) is 177 cm³/mol. The molecule has 0 aromatic rings. The standard InChI is InChI=1S/C37H77N/c1-4-7-9-11-13-15-17-19-21-23-25-27-29-31-33-35-37(38-6-3)36-34-32-30-28-26-24-22-20-18-16-14-12-10-8-5-2/h37-38H,4-36H2,1-3H3. The highest BCUT2D eigenvalue weighted by Crippen LogP contribution is 2.17. The topological polar surface area (TPSA) is 12.0 Å². The number of unbranched alkanes of at least 4 members (excludes halogenated alkanes) is 28. The van der Waals surface area contributed by atoms with Gasteiger partial charge in [-0.15, -0.1) is 0 Å². The Morgan fingerprint density at radius 3 is 0.711 bits per heavy atom. The van der Waals surface area contributed by atoms with E-state index in [0.29, 0.717) is 0 Å². The summed E-state index contributed by atoms with van der Waals surface area (Å²) in [5.41, 5.74) is 0. The van der Waals surface area contributed by atoms with Crippen molar-refractivity contribution in [3.05, 3.63) is 0 Å². The van der Waals surface area contributed by atoms with Gasteiger partial charge < -0.3 is 5.32 Å². The van der Waals surface area contributed by atoms with Crippen LogP contribution in [0.3, 0.4) is 0 Å². The lowest BCUT2D eigenvalue weighted by molar-refractivity contribution is 0.418. The minimum atomic E-state index is 0.781. The van der Waals surface area contributed by atoms with E-state index < -0.39 is 0 Å². The van der Waals surface area contributed by atoms with Crippen LogP contribution in [0.5, 0.6) is 0 Å². The molecule has 0 unspecified atom stereocenters. The Balaban J connectivity index is 3.36. The van der Waals surface area contributed by atoms with Crippen molar-refractivity contribution in [3.8, 4) is 0 Å². The molecule has 0 spiro atoms. The lowest BCUT2D eigenvalue weighted by Crippen LogP contribution is -2.28. The van der Waals surface area contributed by atoms with Crippen molar-refractivity contribution in [2.45, 2.75) is 232 Å². The molecule has 0 rings (SSSR count). The Morgan fingerprint density at radius 1 is 0.289 bits per heavy atom. The van der Waals surface area contributed by atoms with Crippen molar-refractivity contribution < 1.29 is 0 Å². The van der Waals surface area contributed by atoms with Gasteiger partial charge in [-0.3, -0.25) is 0 Å². The molecule has 1 heteroatoms. The molecule has 0 radical (unpaired) electrons. The van der Waals surface area contributed by atoms with Crippen molar-refractivity contribution in [1.82, 2.24) is 5.32 Å². The Kier molecular flexibility index (Phi) is 35.0. The number of hydrogen-bond acceptors (Lipinski definition) is 1. The molecule has 0 atom stereocenters. The summed E-state index contributed by atoms with van der Waals surface area (Å²) in [4.78, 5) is 0. The molecule has 0 heterocycles. The summed E-state index contributed by atoms with van der Waals surface area (Å²) in [6.45, 7) is 8.04. The first-order valence-corrected chi connectivity index (χ1v) is 18.6. The first-order chi connectivity index (χ1) is 18.8. The third-order valence-corrected chi connectivity index (χ3v) is 8.81. The van der Waals surface area contributed by atoms with E-state index in [1.165, 1.54) is 205 Å². The Morgan fingerprint density at radius 2 is 0.500 bits per heavy atom. The molecule has 1 nitrogen and oxygen atoms in total. The average molecular weight is 536 g/mol. The van der Waals surface area contributed by atoms with Gasteiger partial charge in [-0.25, -0.2) is 0 Å². The highest BCUT2D eigenvalue weighted by Gasteiger charge is 2.06. The van der Waals surface area contributed by atoms with Gasteiger partial charge in [0, 0.05) is 6.04 Å². The van der Waals surface area contributed by atoms with E-state index in [1.807, 2.05) is 0 Å². The molecule has 0 aromatic carbocycles. The maximum Gasteiger partial charge on any atom is 0.00669 e. The Bertz CT molecular complexity index is 358. The summed E-state index contributed by atoms with van der Waals surface area (Å²) in [6, 6.07) is 0.781. The molecule has 0 aliphatic heterocycles. The molecule has 0 fully saturated rings. The molecule has 0 aromatic heterocycles. The van der Waals surface area contributed by atoms with E-state index in [9.17, 15) is 0 Å². The second-order valence-electron chi connectivity index (χ2n) is 12.7. The summed E-state index contributed by atoms with van der Waals surface area (Å²) in [5.74, 6) is 0. The predicted octanol–water partition coefficient (Wildman–Crippen LogP) is 13.5. The van der Waals surface area contributed by atoms with Crippen LogP contribution in [0.2, 0.25) is 0 Å². The van der Waals surface area contributed by atoms with E-state index in [4.69, 9.17) is 0 Å². The quantitative estimate of drug-likeness (QED) is 0.0808. The highest BCUT2D eigenvalue weighted by molar-refractivity contribution is 4.66. The molecule has 1 N–H and O–H groups in total. The molecule has 230 valence electrons. The molecule has 0 amide bonds. The van der Waals surface area contributed by atoms with Gasteiger partial charge in [-0.05, 0) is 19.4 Å². The maximum atomic E-state index is 3.78. The number of nitrogens with one attached hydrogen (secondary N) is 1. The summed E-state index contributed by atoms with van der Waals surface area (Å²) in [6.07, 6.45) is 46.7. The monoisotopic (exact) mass is 536 g/mol. The molecular formula is C37H77N. The lowest BCUT2D eigenvalue weighted by atomic mass is 9.99. The zero-order valence-electron chi connectivity index (χ0n) is 27.4. The van der Waals surface area contributed by atoms with Gasteiger partial charge in [0.05, 0.1) is 0 Å². The second-order valence-corrected chi connectivity index (χ2v) is 12.7. The first kappa shape index (κ1) is 38.0. The summed E-state index contributed by atoms with van der Waals surface area (Å²) >= 11 is 0. The van der Waals surface area contributed by atoms with Crippen LogP contribution in [0.4, 0.5) is 0 Å². The van der Waals surface area contributed by atoms with Crippen LogP contribution in [0.25, 0.3) is 0 Å². The average Bonchev–Trinajstić information content (AvgIpc) is 2.92. The third kappa shape index (κ3) is 32.2. The SMILES string of the molecule is CCCCCCCCCCCCCCCCCC(CCCCCCCCCCCCCCCCC)NCC. The first-order valence-electron chi connectivity index (χ1n) is 18.6. The van der Waals surface area contributed by atoms with Crippen LogP contribution in [0.1, 0.15) is 226 Å². The van der Waals surface area contributed by atoms with Gasteiger partial charge in [-0.1, -0.05) is 213 Å². The number of rotatable bonds is 34. The minimum absolute atomic E-state index is 0.781. The zero-order valence-corrected chi connectivity index (χ0v) is 27.4. The van der Waals surface area contributed by atoms with E-state index in [2.05, 4.69) is 26.1 Å². The van der Waals surface area contributed by atoms with Crippen molar-refractivity contribution in [1.29, 1.82) is 0 Å². The number of hydrogen-bond donors (Lipinski definition) is 1. The molecule has 0 saturated heterocycles. The normalized spacial score (nSPS) is 11.7. The second kappa shape index (κ2) is 35.0. The maximum absolute atomic E-state index is 3.78. The van der Waals surface area contributed by atoms with Crippen LogP contribution in [-0.4, -0.2) is 12.6 Å². The molecule has 0 bridgehead atoms. The van der Waals surface area contributed by atoms with E-state index >= 15 is 0 Å². The summed E-state index contributed by atoms with van der Waals surface area (Å²) in [5, 5.41) is 3.78. The molecule has 0 aliphatic carbocycles. The Hall–Kier alpha value is -0.0400. The third-order valence-electron chi connectivity index (χ3n) is 8.81. The van der Waals surface area contributed by atoms with Crippen LogP contribution in [-0.2, 0) is 0 Å². The van der Waals surface area contributed by atoms with Gasteiger partial charge in [0.1, 0.15) is 0 Å². The van der Waals surface area contributed by atoms with Gasteiger partial charge in [0.25, 0.3) is 0 Å². The molecule has 38 heavy (non-hydrogen) atoms. The van der Waals surface area contributed by atoms with Crippen LogP contribution < -0.4 is 5.32 Å². The van der Waals surface area contributed by atoms with Crippen molar-refractivity contribution in [3.63, 3.8) is 0 Å². The zero-order chi connectivity index (χ0) is 27.6. The molecular weight excluding hydrogens is 458 g/mol. The Labute approximate surface area is 243 Å². The van der Waals surface area contributed by atoms with Crippen molar-refractivity contribution in [2.24, 2.45) is 0 Å². The molecule has 0 aliphatic rings. The fourth-order valence-corrected chi connectivity index (χ4v) is 6.16. The van der Waals surface area contributed by atoms with E-state index in [-0.39, 0.29) is 0 Å². The van der Waals surface area contributed by atoms with Crippen molar-refractivity contribution in [2.75, 3.05) is 6.54 Å². The lowest BCUT2D eigenvalue weighted by Gasteiger charge is -2.17. The fraction of sp³-hybridized carbons (Fsp3) is 1.00. The smallest absolute Gasteiger partial charge is 0.00669 e. The summed E-state index contributed by atoms with van der Waals surface area (Å²) in [7, 11) is 0. The van der Waals surface area contributed by atoms with Gasteiger partial charge in [0.2, 0.25) is 0 Å². The van der Waals surface area contributed by atoms with Gasteiger partial charge in [0.15, 0.2) is 0 Å². The van der Waals surface area contributed by atoms with E-state index in [0.717, 1.165) is 12.6 Å². The highest BCUT2D eigenvalue weighted by atomic mass is 14.9. The molecule has 0 saturated carbocycles. The van der Waals surface area contributed by atoms with E-state index in [1.54, 1.807) is 0 Å². The fourth-order valence-electron chi connectivity index (χ4n) is 6.16. The van der Waals surface area contributed by atoms with Gasteiger partial charge in [-0.2, -0.15) is 0 Å². The minimum Gasteiger partial charge on any atom is -0.314 e. The van der Waals surface area contributed by atoms with Crippen molar-refractivity contribution >= 4 is 0 Å². The van der Waals surface area contributed by atoms with Crippen LogP contribution >= 0.6 is 0 Å². The van der Waals surface area contributed by atoms with Crippen LogP contribution in [0.15, 0.2) is 0 Å². The van der Waals surface area contributed by atoms with Gasteiger partial charge >= 0.3 is 0 Å². The van der Waals surface area contributed by atoms with Crippen LogP contribution in [0, 0.1) is 0 Å².